The van der Waals surface area contributed by atoms with Crippen molar-refractivity contribution in [3.05, 3.63) is 0 Å². The van der Waals surface area contributed by atoms with Crippen molar-refractivity contribution >= 4 is 11.8 Å². The number of hydrogen-bond acceptors (Lipinski definition) is 5. The Morgan fingerprint density at radius 2 is 1.64 bits per heavy atom. The quantitative estimate of drug-likeness (QED) is 0.439. The average Bonchev–Trinajstić information content (AvgIpc) is 1.81. The number of thioether (sulfide) groups is 1. The second kappa shape index (κ2) is 3.73. The summed E-state index contributed by atoms with van der Waals surface area (Å²) < 4.78 is 0. The van der Waals surface area contributed by atoms with E-state index in [1.165, 1.54) is 0 Å². The molecule has 0 aliphatic carbocycles. The lowest BCUT2D eigenvalue weighted by molar-refractivity contribution is -0.299. The standard InChI is InChI=1S/C6H14O4S/c1-3-4-11-6(9,10)5(2,7)8/h7-10H,3-4H2,1-2H3. The molecule has 0 bridgehead atoms. The van der Waals surface area contributed by atoms with Gasteiger partial charge in [0.2, 0.25) is 5.79 Å². The molecule has 11 heavy (non-hydrogen) atoms. The van der Waals surface area contributed by atoms with Crippen LogP contribution in [0.5, 0.6) is 0 Å². The molecule has 0 aromatic rings. The van der Waals surface area contributed by atoms with Crippen molar-refractivity contribution < 1.29 is 20.4 Å². The van der Waals surface area contributed by atoms with Crippen LogP contribution in [-0.4, -0.2) is 37.1 Å². The SMILES string of the molecule is CCCSC(O)(O)C(C)(O)O. The van der Waals surface area contributed by atoms with E-state index in [1.807, 2.05) is 6.92 Å². The van der Waals surface area contributed by atoms with Gasteiger partial charge in [-0.1, -0.05) is 18.7 Å². The molecule has 4 N–H and O–H groups in total. The lowest BCUT2D eigenvalue weighted by Gasteiger charge is -2.30. The van der Waals surface area contributed by atoms with Gasteiger partial charge in [0.25, 0.3) is 5.12 Å². The van der Waals surface area contributed by atoms with Gasteiger partial charge in [-0.15, -0.1) is 0 Å². The number of hydrogen-bond donors (Lipinski definition) is 4. The number of aliphatic hydroxyl groups is 4. The Morgan fingerprint density at radius 1 is 1.18 bits per heavy atom. The lowest BCUT2D eigenvalue weighted by Crippen LogP contribution is -2.49. The molecule has 0 unspecified atom stereocenters. The zero-order valence-corrected chi connectivity index (χ0v) is 7.43. The van der Waals surface area contributed by atoms with Crippen molar-refractivity contribution in [2.45, 2.75) is 31.2 Å². The van der Waals surface area contributed by atoms with E-state index in [-0.39, 0.29) is 0 Å². The molecule has 0 radical (unpaired) electrons. The van der Waals surface area contributed by atoms with Gasteiger partial charge in [0.15, 0.2) is 0 Å². The summed E-state index contributed by atoms with van der Waals surface area (Å²) in [5, 5.41) is 33.1. The van der Waals surface area contributed by atoms with E-state index < -0.39 is 10.9 Å². The summed E-state index contributed by atoms with van der Waals surface area (Å²) >= 11 is 0.697. The number of rotatable bonds is 4. The highest BCUT2D eigenvalue weighted by atomic mass is 32.2. The minimum atomic E-state index is -2.48. The molecule has 0 atom stereocenters. The third-order valence-corrected chi connectivity index (χ3v) is 2.53. The minimum absolute atomic E-state index is 0.462. The third-order valence-electron chi connectivity index (χ3n) is 1.12. The topological polar surface area (TPSA) is 80.9 Å². The van der Waals surface area contributed by atoms with Gasteiger partial charge in [0.1, 0.15) is 0 Å². The van der Waals surface area contributed by atoms with Crippen molar-refractivity contribution in [1.29, 1.82) is 0 Å². The summed E-state index contributed by atoms with van der Waals surface area (Å²) in [5.41, 5.74) is 0. The van der Waals surface area contributed by atoms with Crippen molar-refractivity contribution in [2.24, 2.45) is 0 Å². The molecular weight excluding hydrogens is 168 g/mol. The minimum Gasteiger partial charge on any atom is -0.361 e. The Kier molecular flexibility index (Phi) is 3.79. The van der Waals surface area contributed by atoms with Gasteiger partial charge in [0.05, 0.1) is 0 Å². The molecule has 68 valence electrons. The maximum Gasteiger partial charge on any atom is 0.269 e. The Labute approximate surface area is 69.9 Å². The highest BCUT2D eigenvalue weighted by Crippen LogP contribution is 2.29. The first-order valence-electron chi connectivity index (χ1n) is 3.34. The van der Waals surface area contributed by atoms with Crippen LogP contribution in [0.2, 0.25) is 0 Å². The second-order valence-electron chi connectivity index (χ2n) is 2.48. The van der Waals surface area contributed by atoms with E-state index in [4.69, 9.17) is 20.4 Å². The van der Waals surface area contributed by atoms with E-state index in [0.717, 1.165) is 13.3 Å². The monoisotopic (exact) mass is 182 g/mol. The van der Waals surface area contributed by atoms with Gasteiger partial charge < -0.3 is 20.4 Å². The van der Waals surface area contributed by atoms with E-state index in [1.54, 1.807) is 0 Å². The molecule has 0 saturated carbocycles. The Hall–Kier alpha value is 0.190. The van der Waals surface area contributed by atoms with Crippen molar-refractivity contribution in [3.63, 3.8) is 0 Å². The summed E-state index contributed by atoms with van der Waals surface area (Å²) in [7, 11) is 0. The van der Waals surface area contributed by atoms with Crippen molar-refractivity contribution in [2.75, 3.05) is 5.75 Å². The van der Waals surface area contributed by atoms with Gasteiger partial charge in [-0.3, -0.25) is 0 Å². The molecule has 0 aliphatic heterocycles. The van der Waals surface area contributed by atoms with E-state index in [2.05, 4.69) is 0 Å². The molecule has 0 rings (SSSR count). The van der Waals surface area contributed by atoms with Gasteiger partial charge in [0, 0.05) is 0 Å². The van der Waals surface area contributed by atoms with Gasteiger partial charge in [-0.05, 0) is 19.1 Å². The molecule has 0 aromatic carbocycles. The highest BCUT2D eigenvalue weighted by molar-refractivity contribution is 8.00. The van der Waals surface area contributed by atoms with Crippen molar-refractivity contribution in [1.82, 2.24) is 0 Å². The maximum absolute atomic E-state index is 9.00. The first kappa shape index (κ1) is 11.2. The highest BCUT2D eigenvalue weighted by Gasteiger charge is 2.43. The molecule has 0 heterocycles. The van der Waals surface area contributed by atoms with Gasteiger partial charge in [-0.25, -0.2) is 0 Å². The van der Waals surface area contributed by atoms with Crippen LogP contribution in [0.3, 0.4) is 0 Å². The lowest BCUT2D eigenvalue weighted by atomic mass is 10.3. The maximum atomic E-state index is 9.00. The largest absolute Gasteiger partial charge is 0.361 e. The van der Waals surface area contributed by atoms with Crippen LogP contribution >= 0.6 is 11.8 Å². The van der Waals surface area contributed by atoms with Crippen LogP contribution in [0.25, 0.3) is 0 Å². The Bertz CT molecular complexity index is 118. The summed E-state index contributed by atoms with van der Waals surface area (Å²) in [6.07, 6.45) is 0.740. The molecule has 0 amide bonds. The van der Waals surface area contributed by atoms with Crippen LogP contribution in [0.4, 0.5) is 0 Å². The van der Waals surface area contributed by atoms with Crippen LogP contribution in [0.1, 0.15) is 20.3 Å². The zero-order valence-electron chi connectivity index (χ0n) is 6.61. The van der Waals surface area contributed by atoms with Gasteiger partial charge in [-0.2, -0.15) is 0 Å². The molecule has 4 nitrogen and oxygen atoms in total. The summed E-state index contributed by atoms with van der Waals surface area (Å²) in [4.78, 5) is 0. The average molecular weight is 182 g/mol. The molecule has 0 fully saturated rings. The van der Waals surface area contributed by atoms with E-state index in [0.29, 0.717) is 17.5 Å². The molecule has 0 aliphatic rings. The van der Waals surface area contributed by atoms with Crippen molar-refractivity contribution in [3.8, 4) is 0 Å². The Morgan fingerprint density at radius 3 is 1.91 bits per heavy atom. The van der Waals surface area contributed by atoms with E-state index in [9.17, 15) is 0 Å². The van der Waals surface area contributed by atoms with Crippen LogP contribution < -0.4 is 0 Å². The third kappa shape index (κ3) is 3.39. The smallest absolute Gasteiger partial charge is 0.269 e. The van der Waals surface area contributed by atoms with Crippen LogP contribution in [0.15, 0.2) is 0 Å². The fourth-order valence-corrected chi connectivity index (χ4v) is 1.14. The first-order valence-corrected chi connectivity index (χ1v) is 4.33. The fraction of sp³-hybridized carbons (Fsp3) is 1.00. The Balaban J connectivity index is 4.00. The predicted molar refractivity (Wildman–Crippen MR) is 42.8 cm³/mol. The van der Waals surface area contributed by atoms with Crippen LogP contribution in [0, 0.1) is 0 Å². The first-order chi connectivity index (χ1) is 4.81. The summed E-state index contributed by atoms with van der Waals surface area (Å²) in [6, 6.07) is 0. The van der Waals surface area contributed by atoms with Crippen LogP contribution in [-0.2, 0) is 0 Å². The molecular formula is C6H14O4S. The normalized spacial score (nSPS) is 13.6. The summed E-state index contributed by atoms with van der Waals surface area (Å²) in [6.45, 7) is 2.78. The fourth-order valence-electron chi connectivity index (χ4n) is 0.381. The van der Waals surface area contributed by atoms with E-state index >= 15 is 0 Å². The molecule has 0 spiro atoms. The molecule has 5 heteroatoms. The zero-order chi connectivity index (χ0) is 9.12. The molecule has 0 saturated heterocycles. The second-order valence-corrected chi connectivity index (χ2v) is 3.74. The molecule has 0 aromatic heterocycles. The summed E-state index contributed by atoms with van der Waals surface area (Å²) in [5.74, 6) is -2.02. The van der Waals surface area contributed by atoms with Gasteiger partial charge >= 0.3 is 0 Å². The predicted octanol–water partition coefficient (Wildman–Crippen LogP) is -0.531.